The molecule has 0 atom stereocenters. The fourth-order valence-corrected chi connectivity index (χ4v) is 2.40. The second kappa shape index (κ2) is 9.96. The van der Waals surface area contributed by atoms with Gasteiger partial charge in [0, 0.05) is 13.0 Å². The largest absolute Gasteiger partial charge is 0.444 e. The zero-order chi connectivity index (χ0) is 23.2. The van der Waals surface area contributed by atoms with Crippen molar-refractivity contribution in [1.29, 1.82) is 0 Å². The average Bonchev–Trinajstić information content (AvgIpc) is 2.66. The van der Waals surface area contributed by atoms with Crippen LogP contribution < -0.4 is 16.0 Å². The van der Waals surface area contributed by atoms with Gasteiger partial charge in [0.15, 0.2) is 17.5 Å². The van der Waals surface area contributed by atoms with Crippen molar-refractivity contribution in [3.05, 3.63) is 59.4 Å². The van der Waals surface area contributed by atoms with E-state index in [9.17, 15) is 27.6 Å². The Morgan fingerprint density at radius 1 is 0.903 bits per heavy atom. The smallest absolute Gasteiger partial charge is 0.407 e. The highest BCUT2D eigenvalue weighted by Crippen LogP contribution is 2.23. The van der Waals surface area contributed by atoms with Crippen LogP contribution in [0.1, 0.15) is 37.6 Å². The highest BCUT2D eigenvalue weighted by Gasteiger charge is 2.20. The van der Waals surface area contributed by atoms with E-state index in [0.29, 0.717) is 6.07 Å². The van der Waals surface area contributed by atoms with E-state index in [0.717, 1.165) is 6.07 Å². The van der Waals surface area contributed by atoms with Crippen LogP contribution in [0.4, 0.5) is 29.3 Å². The first-order valence-electron chi connectivity index (χ1n) is 9.28. The zero-order valence-corrected chi connectivity index (χ0v) is 17.1. The number of para-hydroxylation sites is 2. The molecule has 0 radical (unpaired) electrons. The third kappa shape index (κ3) is 7.02. The Hall–Kier alpha value is -3.56. The molecule has 7 nitrogen and oxygen atoms in total. The summed E-state index contributed by atoms with van der Waals surface area (Å²) >= 11 is 0. The van der Waals surface area contributed by atoms with E-state index in [1.807, 2.05) is 0 Å². The van der Waals surface area contributed by atoms with Crippen molar-refractivity contribution in [2.75, 3.05) is 17.2 Å². The summed E-state index contributed by atoms with van der Waals surface area (Å²) in [6.07, 6.45) is -0.749. The van der Waals surface area contributed by atoms with Crippen LogP contribution in [0.5, 0.6) is 0 Å². The molecule has 166 valence electrons. The summed E-state index contributed by atoms with van der Waals surface area (Å²) in [4.78, 5) is 36.0. The first-order chi connectivity index (χ1) is 14.5. The van der Waals surface area contributed by atoms with Crippen molar-refractivity contribution >= 4 is 29.3 Å². The minimum atomic E-state index is -1.76. The van der Waals surface area contributed by atoms with Crippen LogP contribution >= 0.6 is 0 Å². The molecule has 3 N–H and O–H groups in total. The maximum absolute atomic E-state index is 13.8. The van der Waals surface area contributed by atoms with E-state index in [2.05, 4.69) is 16.0 Å². The lowest BCUT2D eigenvalue weighted by Gasteiger charge is -2.19. The zero-order valence-electron chi connectivity index (χ0n) is 17.1. The number of benzene rings is 2. The minimum Gasteiger partial charge on any atom is -0.444 e. The number of hydrogen-bond donors (Lipinski definition) is 3. The first-order valence-corrected chi connectivity index (χ1v) is 9.28. The van der Waals surface area contributed by atoms with E-state index in [1.165, 1.54) is 12.1 Å². The first kappa shape index (κ1) is 23.7. The fourth-order valence-electron chi connectivity index (χ4n) is 2.40. The van der Waals surface area contributed by atoms with Crippen molar-refractivity contribution in [3.8, 4) is 0 Å². The van der Waals surface area contributed by atoms with Gasteiger partial charge < -0.3 is 20.7 Å². The number of amides is 3. The molecule has 10 heteroatoms. The lowest BCUT2D eigenvalue weighted by Crippen LogP contribution is -2.34. The average molecular weight is 437 g/mol. The molecule has 0 heterocycles. The predicted octanol–water partition coefficient (Wildman–Crippen LogP) is 4.21. The number of carbonyl (C=O) groups excluding carboxylic acids is 3. The van der Waals surface area contributed by atoms with E-state index in [-0.39, 0.29) is 24.3 Å². The second-order valence-corrected chi connectivity index (χ2v) is 7.45. The lowest BCUT2D eigenvalue weighted by atomic mass is 10.1. The summed E-state index contributed by atoms with van der Waals surface area (Å²) in [5.74, 6) is -6.29. The van der Waals surface area contributed by atoms with E-state index < -0.39 is 46.5 Å². The topological polar surface area (TPSA) is 96.5 Å². The Bertz CT molecular complexity index is 990. The van der Waals surface area contributed by atoms with Gasteiger partial charge in [-0.1, -0.05) is 12.1 Å². The maximum Gasteiger partial charge on any atom is 0.407 e. The molecule has 0 fully saturated rings. The van der Waals surface area contributed by atoms with Crippen molar-refractivity contribution in [3.63, 3.8) is 0 Å². The molecule has 0 unspecified atom stereocenters. The van der Waals surface area contributed by atoms with Crippen LogP contribution in [0.15, 0.2) is 36.4 Å². The number of carbonyl (C=O) groups is 3. The normalized spacial score (nSPS) is 10.9. The van der Waals surface area contributed by atoms with Gasteiger partial charge in [0.1, 0.15) is 5.60 Å². The van der Waals surface area contributed by atoms with Gasteiger partial charge in [-0.25, -0.2) is 18.0 Å². The second-order valence-electron chi connectivity index (χ2n) is 7.45. The molecule has 0 saturated carbocycles. The molecule has 0 aliphatic rings. The molecule has 2 rings (SSSR count). The Morgan fingerprint density at radius 3 is 2.13 bits per heavy atom. The summed E-state index contributed by atoms with van der Waals surface area (Å²) < 4.78 is 45.3. The highest BCUT2D eigenvalue weighted by molar-refractivity contribution is 6.07. The Labute approximate surface area is 177 Å². The van der Waals surface area contributed by atoms with Gasteiger partial charge in [-0.15, -0.1) is 0 Å². The van der Waals surface area contributed by atoms with Gasteiger partial charge in [0.05, 0.1) is 16.9 Å². The monoisotopic (exact) mass is 437 g/mol. The molecule has 0 bridgehead atoms. The number of alkyl carbamates (subject to hydrolysis) is 1. The molecule has 31 heavy (non-hydrogen) atoms. The summed E-state index contributed by atoms with van der Waals surface area (Å²) in [6.45, 7) is 5.12. The predicted molar refractivity (Wildman–Crippen MR) is 108 cm³/mol. The molecule has 0 aromatic heterocycles. The standard InChI is InChI=1S/C21H22F3N3O4/c1-21(2,3)31-20(30)25-11-10-16(28)26-14-6-4-5-7-15(14)27-19(29)12-8-9-13(22)18(24)17(12)23/h4-9H,10-11H2,1-3H3,(H,25,30)(H,26,28)(H,27,29). The van der Waals surface area contributed by atoms with E-state index in [4.69, 9.17) is 4.74 Å². The highest BCUT2D eigenvalue weighted by atomic mass is 19.2. The minimum absolute atomic E-state index is 0.00927. The quantitative estimate of drug-likeness (QED) is 0.590. The third-order valence-corrected chi connectivity index (χ3v) is 3.75. The van der Waals surface area contributed by atoms with Crippen LogP contribution in [0, 0.1) is 17.5 Å². The maximum atomic E-state index is 13.8. The van der Waals surface area contributed by atoms with Gasteiger partial charge in [-0.2, -0.15) is 0 Å². The van der Waals surface area contributed by atoms with E-state index in [1.54, 1.807) is 32.9 Å². The van der Waals surface area contributed by atoms with Gasteiger partial charge in [0.25, 0.3) is 5.91 Å². The molecular formula is C21H22F3N3O4. The molecular weight excluding hydrogens is 415 g/mol. The number of rotatable bonds is 6. The molecule has 2 aromatic carbocycles. The number of hydrogen-bond acceptors (Lipinski definition) is 4. The third-order valence-electron chi connectivity index (χ3n) is 3.75. The summed E-state index contributed by atoms with van der Waals surface area (Å²) in [5.41, 5.74) is -1.05. The molecule has 2 aromatic rings. The number of halogens is 3. The Kier molecular flexibility index (Phi) is 7.62. The van der Waals surface area contributed by atoms with Crippen molar-refractivity contribution < 1.29 is 32.3 Å². The lowest BCUT2D eigenvalue weighted by molar-refractivity contribution is -0.116. The van der Waals surface area contributed by atoms with E-state index >= 15 is 0 Å². The Morgan fingerprint density at radius 2 is 1.52 bits per heavy atom. The van der Waals surface area contributed by atoms with Crippen LogP contribution in [0.2, 0.25) is 0 Å². The molecule has 0 spiro atoms. The van der Waals surface area contributed by atoms with Crippen LogP contribution in [0.25, 0.3) is 0 Å². The van der Waals surface area contributed by atoms with Crippen LogP contribution in [-0.2, 0) is 9.53 Å². The summed E-state index contributed by atoms with van der Waals surface area (Å²) in [7, 11) is 0. The number of ether oxygens (including phenoxy) is 1. The van der Waals surface area contributed by atoms with Gasteiger partial charge in [-0.3, -0.25) is 9.59 Å². The molecule has 0 aliphatic heterocycles. The van der Waals surface area contributed by atoms with Gasteiger partial charge >= 0.3 is 6.09 Å². The van der Waals surface area contributed by atoms with Crippen LogP contribution in [0.3, 0.4) is 0 Å². The van der Waals surface area contributed by atoms with Gasteiger partial charge in [0.2, 0.25) is 5.91 Å². The van der Waals surface area contributed by atoms with Crippen molar-refractivity contribution in [1.82, 2.24) is 5.32 Å². The number of nitrogens with one attached hydrogen (secondary N) is 3. The molecule has 3 amide bonds. The molecule has 0 saturated heterocycles. The molecule has 0 aliphatic carbocycles. The summed E-state index contributed by atoms with van der Waals surface area (Å²) in [5, 5.41) is 7.34. The van der Waals surface area contributed by atoms with Crippen molar-refractivity contribution in [2.45, 2.75) is 32.8 Å². The SMILES string of the molecule is CC(C)(C)OC(=O)NCCC(=O)Nc1ccccc1NC(=O)c1ccc(F)c(F)c1F. The van der Waals surface area contributed by atoms with Crippen LogP contribution in [-0.4, -0.2) is 30.1 Å². The fraction of sp³-hybridized carbons (Fsp3) is 0.286. The van der Waals surface area contributed by atoms with Gasteiger partial charge in [-0.05, 0) is 45.0 Å². The van der Waals surface area contributed by atoms with Crippen molar-refractivity contribution in [2.24, 2.45) is 0 Å². The Balaban J connectivity index is 1.99. The summed E-state index contributed by atoms with van der Waals surface area (Å²) in [6, 6.07) is 7.51. The number of anilines is 2.